The summed E-state index contributed by atoms with van der Waals surface area (Å²) in [7, 11) is 1.85. The third-order valence-electron chi connectivity index (χ3n) is 4.03. The molecule has 1 aliphatic heterocycles. The van der Waals surface area contributed by atoms with Crippen molar-refractivity contribution >= 4 is 17.5 Å². The Bertz CT molecular complexity index is 833. The lowest BCUT2D eigenvalue weighted by Gasteiger charge is -2.15. The number of anilines is 1. The van der Waals surface area contributed by atoms with E-state index in [1.54, 1.807) is 27.9 Å². The molecular formula is C19H18IN3O2. The first-order chi connectivity index (χ1) is 11.6. The molecule has 0 spiro atoms. The predicted molar refractivity (Wildman–Crippen MR) is 89.5 cm³/mol. The smallest absolute Gasteiger partial charge is 0.233 e. The number of nitrogens with one attached hydrogen (secondary N) is 1. The maximum absolute atomic E-state index is 12.3. The van der Waals surface area contributed by atoms with Crippen molar-refractivity contribution in [2.75, 3.05) is 5.32 Å². The average Bonchev–Trinajstić information content (AvgIpc) is 3.00. The van der Waals surface area contributed by atoms with Crippen LogP contribution in [-0.2, 0) is 29.7 Å². The summed E-state index contributed by atoms with van der Waals surface area (Å²) in [6, 6.07) is 9.65. The van der Waals surface area contributed by atoms with E-state index in [-0.39, 0.29) is 42.2 Å². The molecule has 0 aliphatic carbocycles. The minimum atomic E-state index is -0.360. The highest BCUT2D eigenvalue weighted by Crippen LogP contribution is 2.22. The SMILES string of the molecule is C#Cc1c[n+](C)ccc1NC(=O)CC(=O)N1Cc2ccccc2C1.[I-]. The van der Waals surface area contributed by atoms with E-state index in [4.69, 9.17) is 6.42 Å². The number of carbonyl (C=O) groups excluding carboxylic acids is 2. The quantitative estimate of drug-likeness (QED) is 0.266. The van der Waals surface area contributed by atoms with Crippen molar-refractivity contribution < 1.29 is 38.1 Å². The summed E-state index contributed by atoms with van der Waals surface area (Å²) in [5, 5.41) is 2.72. The first kappa shape index (κ1) is 18.9. The number of aromatic nitrogens is 1. The van der Waals surface area contributed by atoms with Crippen LogP contribution in [0.25, 0.3) is 0 Å². The largest absolute Gasteiger partial charge is 1.00 e. The topological polar surface area (TPSA) is 53.3 Å². The van der Waals surface area contributed by atoms with Crippen LogP contribution in [0, 0.1) is 12.3 Å². The number of terminal acetylenes is 1. The van der Waals surface area contributed by atoms with E-state index < -0.39 is 0 Å². The number of amides is 2. The van der Waals surface area contributed by atoms with Gasteiger partial charge in [-0.2, -0.15) is 0 Å². The Hall–Kier alpha value is -2.40. The summed E-state index contributed by atoms with van der Waals surface area (Å²) in [6.07, 6.45) is 8.79. The highest BCUT2D eigenvalue weighted by Gasteiger charge is 2.24. The second-order valence-corrected chi connectivity index (χ2v) is 5.83. The van der Waals surface area contributed by atoms with Crippen molar-refractivity contribution in [3.8, 4) is 12.3 Å². The van der Waals surface area contributed by atoms with Gasteiger partial charge in [-0.3, -0.25) is 9.59 Å². The number of nitrogens with zero attached hydrogens (tertiary/aromatic N) is 2. The molecule has 1 aromatic carbocycles. The van der Waals surface area contributed by atoms with Gasteiger partial charge in [0.1, 0.15) is 19.0 Å². The second-order valence-electron chi connectivity index (χ2n) is 5.83. The zero-order valence-corrected chi connectivity index (χ0v) is 16.0. The standard InChI is InChI=1S/C19H17N3O2.HI/c1-3-14-11-21(2)9-8-17(14)20-18(23)10-19(24)22-12-15-6-4-5-7-16(15)13-22;/h1,4-9,11H,10,12-13H2,2H3;1H. The highest BCUT2D eigenvalue weighted by atomic mass is 127. The summed E-state index contributed by atoms with van der Waals surface area (Å²) in [5.41, 5.74) is 3.39. The third kappa shape index (κ3) is 4.37. The van der Waals surface area contributed by atoms with E-state index in [2.05, 4.69) is 11.2 Å². The van der Waals surface area contributed by atoms with E-state index in [0.717, 1.165) is 11.1 Å². The molecule has 2 amide bonds. The molecule has 5 nitrogen and oxygen atoms in total. The summed E-state index contributed by atoms with van der Waals surface area (Å²) in [5.74, 6) is 1.98. The van der Waals surface area contributed by atoms with Gasteiger partial charge >= 0.3 is 0 Å². The van der Waals surface area contributed by atoms with Crippen molar-refractivity contribution in [2.45, 2.75) is 19.5 Å². The Labute approximate surface area is 164 Å². The lowest BCUT2D eigenvalue weighted by Crippen LogP contribution is -3.00. The van der Waals surface area contributed by atoms with Crippen molar-refractivity contribution in [3.05, 3.63) is 59.4 Å². The van der Waals surface area contributed by atoms with Gasteiger partial charge in [-0.05, 0) is 11.1 Å². The van der Waals surface area contributed by atoms with E-state index in [1.807, 2.05) is 31.3 Å². The van der Waals surface area contributed by atoms with E-state index in [9.17, 15) is 9.59 Å². The number of fused-ring (bicyclic) bond motifs is 1. The van der Waals surface area contributed by atoms with E-state index in [0.29, 0.717) is 24.3 Å². The first-order valence-electron chi connectivity index (χ1n) is 7.67. The number of halogens is 1. The van der Waals surface area contributed by atoms with Gasteiger partial charge in [0.05, 0.1) is 5.69 Å². The Morgan fingerprint density at radius 3 is 2.48 bits per heavy atom. The maximum Gasteiger partial charge on any atom is 0.233 e. The molecule has 2 aromatic rings. The van der Waals surface area contributed by atoms with Crippen LogP contribution in [0.15, 0.2) is 42.7 Å². The first-order valence-corrected chi connectivity index (χ1v) is 7.67. The molecule has 0 saturated heterocycles. The number of hydrogen-bond donors (Lipinski definition) is 1. The number of pyridine rings is 1. The fraction of sp³-hybridized carbons (Fsp3) is 0.211. The van der Waals surface area contributed by atoms with Crippen molar-refractivity contribution in [1.29, 1.82) is 0 Å². The summed E-state index contributed by atoms with van der Waals surface area (Å²) in [6.45, 7) is 1.11. The van der Waals surface area contributed by atoms with Gasteiger partial charge in [0.2, 0.25) is 11.8 Å². The fourth-order valence-corrected chi connectivity index (χ4v) is 2.78. The van der Waals surface area contributed by atoms with Crippen LogP contribution in [0.3, 0.4) is 0 Å². The summed E-state index contributed by atoms with van der Waals surface area (Å²) in [4.78, 5) is 26.2. The summed E-state index contributed by atoms with van der Waals surface area (Å²) < 4.78 is 1.80. The van der Waals surface area contributed by atoms with Crippen LogP contribution in [0.2, 0.25) is 0 Å². The van der Waals surface area contributed by atoms with Crippen LogP contribution in [0.4, 0.5) is 5.69 Å². The zero-order valence-electron chi connectivity index (χ0n) is 13.8. The van der Waals surface area contributed by atoms with Crippen molar-refractivity contribution in [1.82, 2.24) is 4.90 Å². The molecule has 1 N–H and O–H groups in total. The normalized spacial score (nSPS) is 11.9. The molecule has 0 radical (unpaired) electrons. The Morgan fingerprint density at radius 1 is 1.24 bits per heavy atom. The minimum absolute atomic E-state index is 0. The number of aryl methyl sites for hydroxylation is 1. The molecule has 3 rings (SSSR count). The molecule has 2 heterocycles. The van der Waals surface area contributed by atoms with E-state index in [1.165, 1.54) is 0 Å². The second kappa shape index (κ2) is 8.12. The third-order valence-corrected chi connectivity index (χ3v) is 4.03. The Kier molecular flexibility index (Phi) is 6.15. The molecule has 25 heavy (non-hydrogen) atoms. The molecule has 0 unspecified atom stereocenters. The van der Waals surface area contributed by atoms with Crippen molar-refractivity contribution in [2.24, 2.45) is 7.05 Å². The van der Waals surface area contributed by atoms with Gasteiger partial charge in [-0.25, -0.2) is 4.57 Å². The van der Waals surface area contributed by atoms with Crippen LogP contribution in [-0.4, -0.2) is 16.7 Å². The van der Waals surface area contributed by atoms with Crippen molar-refractivity contribution in [3.63, 3.8) is 0 Å². The monoisotopic (exact) mass is 447 g/mol. The fourth-order valence-electron chi connectivity index (χ4n) is 2.78. The molecule has 1 aliphatic rings. The van der Waals surface area contributed by atoms with Gasteiger partial charge in [0.15, 0.2) is 12.4 Å². The molecule has 1 aromatic heterocycles. The number of rotatable bonds is 3. The number of carbonyl (C=O) groups is 2. The van der Waals surface area contributed by atoms with Gasteiger partial charge < -0.3 is 34.2 Å². The molecule has 0 atom stereocenters. The van der Waals surface area contributed by atoms with Gasteiger partial charge in [0.25, 0.3) is 0 Å². The molecule has 0 fully saturated rings. The van der Waals surface area contributed by atoms with Crippen LogP contribution >= 0.6 is 0 Å². The number of hydrogen-bond acceptors (Lipinski definition) is 2. The molecule has 6 heteroatoms. The maximum atomic E-state index is 12.3. The lowest BCUT2D eigenvalue weighted by molar-refractivity contribution is -0.671. The van der Waals surface area contributed by atoms with Gasteiger partial charge in [0, 0.05) is 19.2 Å². The predicted octanol–water partition coefficient (Wildman–Crippen LogP) is -1.63. The number of benzene rings is 1. The van der Waals surface area contributed by atoms with Crippen LogP contribution in [0.1, 0.15) is 23.1 Å². The Balaban J connectivity index is 0.00000225. The summed E-state index contributed by atoms with van der Waals surface area (Å²) >= 11 is 0. The molecular weight excluding hydrogens is 429 g/mol. The molecule has 0 saturated carbocycles. The van der Waals surface area contributed by atoms with Crippen LogP contribution in [0.5, 0.6) is 0 Å². The Morgan fingerprint density at radius 2 is 1.88 bits per heavy atom. The van der Waals surface area contributed by atoms with Crippen LogP contribution < -0.4 is 33.9 Å². The molecule has 128 valence electrons. The van der Waals surface area contributed by atoms with Gasteiger partial charge in [-0.1, -0.05) is 30.2 Å². The highest BCUT2D eigenvalue weighted by molar-refractivity contribution is 6.04. The zero-order chi connectivity index (χ0) is 17.1. The lowest BCUT2D eigenvalue weighted by atomic mass is 10.1. The minimum Gasteiger partial charge on any atom is -1.00 e. The molecule has 0 bridgehead atoms. The van der Waals surface area contributed by atoms with E-state index >= 15 is 0 Å². The van der Waals surface area contributed by atoms with Gasteiger partial charge in [-0.15, -0.1) is 6.42 Å². The average molecular weight is 447 g/mol.